The number of anilines is 1. The van der Waals surface area contributed by atoms with Crippen molar-refractivity contribution in [1.82, 2.24) is 4.98 Å². The van der Waals surface area contributed by atoms with Crippen LogP contribution in [-0.2, 0) is 0 Å². The molecule has 0 saturated carbocycles. The Morgan fingerprint density at radius 3 is 2.79 bits per heavy atom. The molecule has 0 amide bonds. The van der Waals surface area contributed by atoms with E-state index in [4.69, 9.17) is 15.7 Å². The van der Waals surface area contributed by atoms with E-state index >= 15 is 0 Å². The van der Waals surface area contributed by atoms with E-state index in [-0.39, 0.29) is 21.8 Å². The third-order valence-corrected chi connectivity index (χ3v) is 2.93. The minimum absolute atomic E-state index is 0.155. The van der Waals surface area contributed by atoms with E-state index in [1.807, 2.05) is 6.07 Å². The van der Waals surface area contributed by atoms with E-state index in [0.717, 1.165) is 6.07 Å². The minimum atomic E-state index is -0.489. The smallest absolute Gasteiger partial charge is 0.220 e. The van der Waals surface area contributed by atoms with Gasteiger partial charge in [-0.05, 0) is 35.0 Å². The Morgan fingerprint density at radius 2 is 2.11 bits per heavy atom. The van der Waals surface area contributed by atoms with Gasteiger partial charge in [0.2, 0.25) is 5.88 Å². The zero-order chi connectivity index (χ0) is 14.0. The number of hydrogen-bond donors (Lipinski definition) is 1. The normalized spacial score (nSPS) is 10.0. The van der Waals surface area contributed by atoms with E-state index in [1.165, 1.54) is 12.1 Å². The summed E-state index contributed by atoms with van der Waals surface area (Å²) >= 11 is 3.03. The molecule has 2 N–H and O–H groups in total. The van der Waals surface area contributed by atoms with Crippen LogP contribution in [0.1, 0.15) is 11.3 Å². The van der Waals surface area contributed by atoms with Crippen molar-refractivity contribution in [1.29, 1.82) is 5.26 Å². The summed E-state index contributed by atoms with van der Waals surface area (Å²) in [7, 11) is 0. The van der Waals surface area contributed by atoms with E-state index in [2.05, 4.69) is 20.9 Å². The molecule has 0 saturated heterocycles. The second kappa shape index (κ2) is 5.24. The first kappa shape index (κ1) is 13.3. The maximum Gasteiger partial charge on any atom is 0.220 e. The summed E-state index contributed by atoms with van der Waals surface area (Å²) in [5, 5.41) is 8.86. The lowest BCUT2D eigenvalue weighted by molar-refractivity contribution is 0.458. The summed E-state index contributed by atoms with van der Waals surface area (Å²) in [6.45, 7) is 1.74. The fourth-order valence-corrected chi connectivity index (χ4v) is 1.86. The molecule has 0 aliphatic carbocycles. The Bertz CT molecular complexity index is 682. The van der Waals surface area contributed by atoms with Crippen molar-refractivity contribution in [3.05, 3.63) is 45.8 Å². The molecule has 2 rings (SSSR count). The van der Waals surface area contributed by atoms with Gasteiger partial charge in [0.15, 0.2) is 5.75 Å². The Morgan fingerprint density at radius 1 is 1.37 bits per heavy atom. The second-order valence-electron chi connectivity index (χ2n) is 3.85. The summed E-state index contributed by atoms with van der Waals surface area (Å²) in [6, 6.07) is 7.65. The van der Waals surface area contributed by atoms with Crippen LogP contribution in [0.15, 0.2) is 28.7 Å². The number of nitrogens with two attached hydrogens (primary N) is 1. The van der Waals surface area contributed by atoms with Gasteiger partial charge in [-0.25, -0.2) is 9.37 Å². The van der Waals surface area contributed by atoms with Crippen molar-refractivity contribution >= 4 is 21.6 Å². The fourth-order valence-electron chi connectivity index (χ4n) is 1.50. The van der Waals surface area contributed by atoms with Crippen LogP contribution in [0.3, 0.4) is 0 Å². The Kier molecular flexibility index (Phi) is 3.67. The average Bonchev–Trinajstić information content (AvgIpc) is 2.35. The van der Waals surface area contributed by atoms with Gasteiger partial charge < -0.3 is 10.5 Å². The summed E-state index contributed by atoms with van der Waals surface area (Å²) in [4.78, 5) is 4.11. The lowest BCUT2D eigenvalue weighted by Crippen LogP contribution is -1.96. The molecule has 0 radical (unpaired) electrons. The third kappa shape index (κ3) is 3.01. The number of aromatic nitrogens is 1. The van der Waals surface area contributed by atoms with Gasteiger partial charge in [0.25, 0.3) is 0 Å². The summed E-state index contributed by atoms with van der Waals surface area (Å²) in [5.74, 6) is -0.134. The number of nitrogen functional groups attached to an aromatic ring is 1. The molecule has 6 heteroatoms. The molecule has 4 nitrogen and oxygen atoms in total. The van der Waals surface area contributed by atoms with Crippen LogP contribution in [0.5, 0.6) is 11.6 Å². The molecule has 1 aromatic carbocycles. The number of ether oxygens (including phenoxy) is 1. The summed E-state index contributed by atoms with van der Waals surface area (Å²) in [6.07, 6.45) is 0. The number of benzene rings is 1. The zero-order valence-electron chi connectivity index (χ0n) is 9.95. The highest BCUT2D eigenvalue weighted by atomic mass is 79.9. The molecule has 0 spiro atoms. The van der Waals surface area contributed by atoms with Crippen molar-refractivity contribution in [3.8, 4) is 17.7 Å². The van der Waals surface area contributed by atoms with Gasteiger partial charge in [0, 0.05) is 17.8 Å². The van der Waals surface area contributed by atoms with Crippen LogP contribution in [0.2, 0.25) is 0 Å². The first-order valence-corrected chi connectivity index (χ1v) is 6.10. The van der Waals surface area contributed by atoms with Crippen LogP contribution in [-0.4, -0.2) is 4.98 Å². The SMILES string of the molecule is Cc1cc(C#N)cc(Oc2cc(F)c(Br)cc2N)n1. The van der Waals surface area contributed by atoms with Gasteiger partial charge in [-0.3, -0.25) is 0 Å². The minimum Gasteiger partial charge on any atom is -0.437 e. The molecule has 96 valence electrons. The number of hydrogen-bond acceptors (Lipinski definition) is 4. The molecule has 0 bridgehead atoms. The summed E-state index contributed by atoms with van der Waals surface area (Å²) in [5.41, 5.74) is 7.05. The van der Waals surface area contributed by atoms with Crippen LogP contribution in [0, 0.1) is 24.1 Å². The maximum absolute atomic E-state index is 13.4. The Labute approximate surface area is 117 Å². The van der Waals surface area contributed by atoms with Gasteiger partial charge in [-0.2, -0.15) is 5.26 Å². The third-order valence-electron chi connectivity index (χ3n) is 2.33. The van der Waals surface area contributed by atoms with Crippen molar-refractivity contribution in [3.63, 3.8) is 0 Å². The van der Waals surface area contributed by atoms with E-state index in [0.29, 0.717) is 11.3 Å². The van der Waals surface area contributed by atoms with Crippen molar-refractivity contribution in [2.75, 3.05) is 5.73 Å². The number of nitrogens with zero attached hydrogens (tertiary/aromatic N) is 2. The molecule has 19 heavy (non-hydrogen) atoms. The number of aryl methyl sites for hydroxylation is 1. The van der Waals surface area contributed by atoms with Crippen molar-refractivity contribution in [2.24, 2.45) is 0 Å². The second-order valence-corrected chi connectivity index (χ2v) is 4.71. The molecular formula is C13H9BrFN3O. The number of pyridine rings is 1. The molecular weight excluding hydrogens is 313 g/mol. The lowest BCUT2D eigenvalue weighted by atomic mass is 10.2. The van der Waals surface area contributed by atoms with Crippen LogP contribution in [0.4, 0.5) is 10.1 Å². The van der Waals surface area contributed by atoms with E-state index in [1.54, 1.807) is 13.0 Å². The van der Waals surface area contributed by atoms with Gasteiger partial charge in [-0.15, -0.1) is 0 Å². The first-order valence-electron chi connectivity index (χ1n) is 5.31. The number of halogens is 2. The zero-order valence-corrected chi connectivity index (χ0v) is 11.5. The molecule has 0 fully saturated rings. The van der Waals surface area contributed by atoms with Crippen molar-refractivity contribution < 1.29 is 9.13 Å². The first-order chi connectivity index (χ1) is 8.99. The molecule has 2 aromatic rings. The van der Waals surface area contributed by atoms with Crippen molar-refractivity contribution in [2.45, 2.75) is 6.92 Å². The quantitative estimate of drug-likeness (QED) is 0.859. The van der Waals surface area contributed by atoms with Gasteiger partial charge in [-0.1, -0.05) is 0 Å². The van der Waals surface area contributed by atoms with Crippen LogP contribution >= 0.6 is 15.9 Å². The molecule has 0 unspecified atom stereocenters. The van der Waals surface area contributed by atoms with Crippen LogP contribution in [0.25, 0.3) is 0 Å². The molecule has 0 aliphatic heterocycles. The highest BCUT2D eigenvalue weighted by Gasteiger charge is 2.09. The standard InChI is InChI=1S/C13H9BrFN3O/c1-7-2-8(6-16)3-13(18-7)19-12-5-10(15)9(14)4-11(12)17/h2-5H,17H2,1H3. The predicted octanol–water partition coefficient (Wildman–Crippen LogP) is 3.54. The molecule has 1 heterocycles. The monoisotopic (exact) mass is 321 g/mol. The Hall–Kier alpha value is -2.13. The topological polar surface area (TPSA) is 71.9 Å². The van der Waals surface area contributed by atoms with E-state index < -0.39 is 5.82 Å². The Balaban J connectivity index is 2.39. The highest BCUT2D eigenvalue weighted by molar-refractivity contribution is 9.10. The molecule has 1 aromatic heterocycles. The van der Waals surface area contributed by atoms with Gasteiger partial charge >= 0.3 is 0 Å². The summed E-state index contributed by atoms with van der Waals surface area (Å²) < 4.78 is 19.1. The lowest BCUT2D eigenvalue weighted by Gasteiger charge is -2.09. The van der Waals surface area contributed by atoms with Gasteiger partial charge in [0.05, 0.1) is 21.8 Å². The van der Waals surface area contributed by atoms with Crippen LogP contribution < -0.4 is 10.5 Å². The average molecular weight is 322 g/mol. The highest BCUT2D eigenvalue weighted by Crippen LogP contribution is 2.31. The maximum atomic E-state index is 13.4. The molecule has 0 atom stereocenters. The van der Waals surface area contributed by atoms with E-state index in [9.17, 15) is 4.39 Å². The fraction of sp³-hybridized carbons (Fsp3) is 0.0769. The predicted molar refractivity (Wildman–Crippen MR) is 72.3 cm³/mol. The van der Waals surface area contributed by atoms with Gasteiger partial charge in [0.1, 0.15) is 5.82 Å². The molecule has 0 aliphatic rings. The number of nitriles is 1. The number of rotatable bonds is 2. The largest absolute Gasteiger partial charge is 0.437 e.